The summed E-state index contributed by atoms with van der Waals surface area (Å²) in [6.07, 6.45) is 3.19. The lowest BCUT2D eigenvalue weighted by molar-refractivity contribution is -0.121. The van der Waals surface area contributed by atoms with Crippen LogP contribution in [-0.4, -0.2) is 21.5 Å². The number of aromatic nitrogens is 2. The minimum atomic E-state index is -0.374. The minimum Gasteiger partial charge on any atom is -0.354 e. The minimum absolute atomic E-state index is 0.0771. The van der Waals surface area contributed by atoms with Gasteiger partial charge in [0.2, 0.25) is 5.91 Å². The van der Waals surface area contributed by atoms with Crippen molar-refractivity contribution in [3.63, 3.8) is 0 Å². The molecule has 0 saturated heterocycles. The van der Waals surface area contributed by atoms with Crippen LogP contribution in [0.15, 0.2) is 17.2 Å². The number of hydrogen-bond donors (Lipinski definition) is 1. The van der Waals surface area contributed by atoms with Crippen LogP contribution < -0.4 is 10.9 Å². The summed E-state index contributed by atoms with van der Waals surface area (Å²) in [5.74, 6) is -0.0881. The summed E-state index contributed by atoms with van der Waals surface area (Å²) in [6, 6.07) is 0.102. The number of carbonyl (C=O) groups is 1. The lowest BCUT2D eigenvalue weighted by Gasteiger charge is -2.09. The zero-order valence-corrected chi connectivity index (χ0v) is 9.99. The number of nitrogens with zero attached hydrogens (tertiary/aromatic N) is 2. The molecule has 1 aromatic rings. The van der Waals surface area contributed by atoms with Crippen LogP contribution in [-0.2, 0) is 11.3 Å². The van der Waals surface area contributed by atoms with Crippen molar-refractivity contribution in [3.05, 3.63) is 27.9 Å². The molecule has 0 aromatic carbocycles. The maximum absolute atomic E-state index is 11.4. The van der Waals surface area contributed by atoms with E-state index in [1.54, 1.807) is 0 Å². The quantitative estimate of drug-likeness (QED) is 0.851. The first-order valence-electron chi connectivity index (χ1n) is 5.01. The molecule has 88 valence electrons. The Morgan fingerprint density at radius 2 is 2.31 bits per heavy atom. The van der Waals surface area contributed by atoms with E-state index in [1.807, 2.05) is 13.8 Å². The second-order valence-corrected chi connectivity index (χ2v) is 4.05. The summed E-state index contributed by atoms with van der Waals surface area (Å²) >= 11 is 5.57. The van der Waals surface area contributed by atoms with Gasteiger partial charge in [-0.1, -0.05) is 11.6 Å². The van der Waals surface area contributed by atoms with Crippen LogP contribution in [0.1, 0.15) is 20.3 Å². The third kappa shape index (κ3) is 3.66. The predicted molar refractivity (Wildman–Crippen MR) is 61.4 cm³/mol. The third-order valence-corrected chi connectivity index (χ3v) is 2.16. The largest absolute Gasteiger partial charge is 0.354 e. The van der Waals surface area contributed by atoms with Gasteiger partial charge in [-0.2, -0.15) is 0 Å². The smallest absolute Gasteiger partial charge is 0.288 e. The second-order valence-electron chi connectivity index (χ2n) is 3.69. The number of rotatable bonds is 4. The molecule has 0 aliphatic rings. The molecule has 5 nitrogen and oxygen atoms in total. The molecule has 0 atom stereocenters. The first kappa shape index (κ1) is 12.7. The van der Waals surface area contributed by atoms with Crippen molar-refractivity contribution in [2.75, 3.05) is 0 Å². The first-order chi connectivity index (χ1) is 7.50. The van der Waals surface area contributed by atoms with Gasteiger partial charge < -0.3 is 9.88 Å². The fraction of sp³-hybridized carbons (Fsp3) is 0.500. The first-order valence-corrected chi connectivity index (χ1v) is 5.39. The molecule has 0 bridgehead atoms. The molecule has 0 aliphatic heterocycles. The van der Waals surface area contributed by atoms with Crippen molar-refractivity contribution >= 4 is 17.5 Å². The molecule has 1 heterocycles. The van der Waals surface area contributed by atoms with Crippen LogP contribution in [0.2, 0.25) is 5.15 Å². The number of amides is 1. The van der Waals surface area contributed by atoms with Crippen molar-refractivity contribution in [2.45, 2.75) is 32.9 Å². The van der Waals surface area contributed by atoms with Crippen LogP contribution in [0, 0.1) is 0 Å². The third-order valence-electron chi connectivity index (χ3n) is 1.90. The van der Waals surface area contributed by atoms with Gasteiger partial charge in [0.05, 0.1) is 0 Å². The molecule has 1 N–H and O–H groups in total. The van der Waals surface area contributed by atoms with Gasteiger partial charge in [-0.25, -0.2) is 4.98 Å². The number of halogens is 1. The van der Waals surface area contributed by atoms with E-state index in [1.165, 1.54) is 17.0 Å². The fourth-order valence-electron chi connectivity index (χ4n) is 1.21. The van der Waals surface area contributed by atoms with E-state index in [0.717, 1.165) is 0 Å². The zero-order valence-electron chi connectivity index (χ0n) is 9.24. The van der Waals surface area contributed by atoms with Crippen LogP contribution in [0.3, 0.4) is 0 Å². The molecule has 1 aromatic heterocycles. The fourth-order valence-corrected chi connectivity index (χ4v) is 1.38. The lowest BCUT2D eigenvalue weighted by atomic mass is 10.3. The van der Waals surface area contributed by atoms with Crippen molar-refractivity contribution in [2.24, 2.45) is 0 Å². The molecular formula is C10H14ClN3O2. The van der Waals surface area contributed by atoms with E-state index in [0.29, 0.717) is 6.54 Å². The molecule has 0 fully saturated rings. The summed E-state index contributed by atoms with van der Waals surface area (Å²) < 4.78 is 1.37. The van der Waals surface area contributed by atoms with E-state index >= 15 is 0 Å². The zero-order chi connectivity index (χ0) is 12.1. The number of nitrogens with one attached hydrogen (secondary N) is 1. The van der Waals surface area contributed by atoms with Gasteiger partial charge in [-0.05, 0) is 13.8 Å². The second kappa shape index (κ2) is 5.65. The summed E-state index contributed by atoms with van der Waals surface area (Å²) in [5.41, 5.74) is -0.374. The molecule has 0 unspecified atom stereocenters. The maximum atomic E-state index is 11.4. The molecule has 0 aliphatic carbocycles. The van der Waals surface area contributed by atoms with Gasteiger partial charge in [-0.3, -0.25) is 9.59 Å². The van der Waals surface area contributed by atoms with E-state index in [2.05, 4.69) is 10.3 Å². The highest BCUT2D eigenvalue weighted by atomic mass is 35.5. The van der Waals surface area contributed by atoms with Gasteiger partial charge in [0.1, 0.15) is 0 Å². The Bertz CT molecular complexity index is 428. The van der Waals surface area contributed by atoms with Crippen molar-refractivity contribution < 1.29 is 4.79 Å². The Balaban J connectivity index is 2.58. The van der Waals surface area contributed by atoms with Gasteiger partial charge >= 0.3 is 0 Å². The topological polar surface area (TPSA) is 64.0 Å². The summed E-state index contributed by atoms with van der Waals surface area (Å²) in [7, 11) is 0. The molecule has 1 amide bonds. The van der Waals surface area contributed by atoms with Gasteiger partial charge in [-0.15, -0.1) is 0 Å². The molecule has 0 saturated carbocycles. The average Bonchev–Trinajstić information content (AvgIpc) is 2.19. The highest BCUT2D eigenvalue weighted by Crippen LogP contribution is 1.95. The molecule has 0 radical (unpaired) electrons. The molecule has 0 spiro atoms. The van der Waals surface area contributed by atoms with Gasteiger partial charge in [0.15, 0.2) is 5.15 Å². The van der Waals surface area contributed by atoms with Crippen LogP contribution >= 0.6 is 11.6 Å². The lowest BCUT2D eigenvalue weighted by Crippen LogP contribution is -2.32. The highest BCUT2D eigenvalue weighted by molar-refractivity contribution is 6.29. The van der Waals surface area contributed by atoms with Crippen LogP contribution in [0.25, 0.3) is 0 Å². The van der Waals surface area contributed by atoms with E-state index in [9.17, 15) is 9.59 Å². The number of carbonyl (C=O) groups excluding carboxylic acids is 1. The van der Waals surface area contributed by atoms with Gasteiger partial charge in [0.25, 0.3) is 5.56 Å². The number of hydrogen-bond acceptors (Lipinski definition) is 3. The molecule has 1 rings (SSSR count). The van der Waals surface area contributed by atoms with E-state index in [-0.39, 0.29) is 29.1 Å². The standard InChI is InChI=1S/C10H14ClN3O2/c1-7(2)13-8(15)3-5-14-6-4-12-9(11)10(14)16/h4,6-7H,3,5H2,1-2H3,(H,13,15). The Hall–Kier alpha value is -1.36. The van der Waals surface area contributed by atoms with Crippen molar-refractivity contribution in [1.82, 2.24) is 14.9 Å². The average molecular weight is 244 g/mol. The summed E-state index contributed by atoms with van der Waals surface area (Å²) in [4.78, 5) is 26.4. The summed E-state index contributed by atoms with van der Waals surface area (Å²) in [5, 5.41) is 2.67. The predicted octanol–water partition coefficient (Wildman–Crippen LogP) is 0.811. The van der Waals surface area contributed by atoms with E-state index < -0.39 is 0 Å². The monoisotopic (exact) mass is 243 g/mol. The molecule has 6 heteroatoms. The van der Waals surface area contributed by atoms with E-state index in [4.69, 9.17) is 11.6 Å². The Kier molecular flexibility index (Phi) is 4.49. The van der Waals surface area contributed by atoms with Crippen molar-refractivity contribution in [3.8, 4) is 0 Å². The molecular weight excluding hydrogens is 230 g/mol. The van der Waals surface area contributed by atoms with Crippen LogP contribution in [0.5, 0.6) is 0 Å². The number of aryl methyl sites for hydroxylation is 1. The summed E-state index contributed by atoms with van der Waals surface area (Å²) in [6.45, 7) is 4.07. The highest BCUT2D eigenvalue weighted by Gasteiger charge is 2.06. The van der Waals surface area contributed by atoms with Crippen molar-refractivity contribution in [1.29, 1.82) is 0 Å². The Labute approximate surface area is 98.4 Å². The Morgan fingerprint density at radius 1 is 1.62 bits per heavy atom. The molecule has 16 heavy (non-hydrogen) atoms. The Morgan fingerprint density at radius 3 is 2.94 bits per heavy atom. The van der Waals surface area contributed by atoms with Crippen LogP contribution in [0.4, 0.5) is 0 Å². The SMILES string of the molecule is CC(C)NC(=O)CCn1ccnc(Cl)c1=O. The van der Waals surface area contributed by atoms with Gasteiger partial charge in [0, 0.05) is 31.4 Å². The normalized spacial score (nSPS) is 10.5. The maximum Gasteiger partial charge on any atom is 0.288 e.